The third-order valence-electron chi connectivity index (χ3n) is 1.40. The van der Waals surface area contributed by atoms with E-state index in [-0.39, 0.29) is 4.75 Å². The minimum absolute atomic E-state index is 0.168. The summed E-state index contributed by atoms with van der Waals surface area (Å²) in [5.74, 6) is 1.06. The SMILES string of the molecule is CC1(C#N)CNCCS1. The highest BCUT2D eigenvalue weighted by Gasteiger charge is 2.26. The van der Waals surface area contributed by atoms with Crippen molar-refractivity contribution in [3.63, 3.8) is 0 Å². The number of nitrogens with one attached hydrogen (secondary N) is 1. The van der Waals surface area contributed by atoms with E-state index in [9.17, 15) is 0 Å². The van der Waals surface area contributed by atoms with Gasteiger partial charge in [0.1, 0.15) is 4.75 Å². The fourth-order valence-corrected chi connectivity index (χ4v) is 1.76. The van der Waals surface area contributed by atoms with Gasteiger partial charge in [-0.1, -0.05) is 0 Å². The van der Waals surface area contributed by atoms with E-state index in [1.807, 2.05) is 6.92 Å². The van der Waals surface area contributed by atoms with Crippen LogP contribution in [0.4, 0.5) is 0 Å². The van der Waals surface area contributed by atoms with Gasteiger partial charge >= 0.3 is 0 Å². The van der Waals surface area contributed by atoms with Crippen molar-refractivity contribution in [2.24, 2.45) is 0 Å². The number of thioether (sulfide) groups is 1. The molecule has 1 atom stereocenters. The van der Waals surface area contributed by atoms with Crippen molar-refractivity contribution in [2.75, 3.05) is 18.8 Å². The molecule has 2 nitrogen and oxygen atoms in total. The molecule has 1 rings (SSSR count). The summed E-state index contributed by atoms with van der Waals surface area (Å²) in [5.41, 5.74) is 0. The predicted octanol–water partition coefficient (Wildman–Crippen LogP) is 0.605. The molecule has 3 heteroatoms. The van der Waals surface area contributed by atoms with Gasteiger partial charge in [0.2, 0.25) is 0 Å². The maximum Gasteiger partial charge on any atom is 0.112 e. The number of hydrogen-bond donors (Lipinski definition) is 1. The molecule has 0 radical (unpaired) electrons. The van der Waals surface area contributed by atoms with Gasteiger partial charge in [0.15, 0.2) is 0 Å². The highest BCUT2D eigenvalue weighted by molar-refractivity contribution is 8.01. The summed E-state index contributed by atoms with van der Waals surface area (Å²) >= 11 is 1.74. The van der Waals surface area contributed by atoms with Gasteiger partial charge < -0.3 is 5.32 Å². The van der Waals surface area contributed by atoms with Crippen LogP contribution in [0, 0.1) is 11.3 Å². The summed E-state index contributed by atoms with van der Waals surface area (Å²) in [6.45, 7) is 3.85. The Morgan fingerprint density at radius 1 is 1.78 bits per heavy atom. The van der Waals surface area contributed by atoms with Crippen molar-refractivity contribution in [3.8, 4) is 6.07 Å². The van der Waals surface area contributed by atoms with Crippen LogP contribution in [0.3, 0.4) is 0 Å². The molecule has 0 saturated carbocycles. The lowest BCUT2D eigenvalue weighted by Gasteiger charge is -2.26. The van der Waals surface area contributed by atoms with Crippen LogP contribution in [0.15, 0.2) is 0 Å². The molecule has 0 aromatic heterocycles. The standard InChI is InChI=1S/C6H10N2S/c1-6(4-7)5-8-2-3-9-6/h8H,2-3,5H2,1H3. The summed E-state index contributed by atoms with van der Waals surface area (Å²) in [7, 11) is 0. The number of nitrogens with zero attached hydrogens (tertiary/aromatic N) is 1. The first-order valence-electron chi connectivity index (χ1n) is 3.03. The van der Waals surface area contributed by atoms with Crippen LogP contribution in [-0.4, -0.2) is 23.6 Å². The quantitative estimate of drug-likeness (QED) is 0.538. The third-order valence-corrected chi connectivity index (χ3v) is 2.68. The molecule has 1 aliphatic heterocycles. The molecule has 1 N–H and O–H groups in total. The molecule has 0 spiro atoms. The first-order chi connectivity index (χ1) is 4.27. The highest BCUT2D eigenvalue weighted by atomic mass is 32.2. The van der Waals surface area contributed by atoms with Crippen LogP contribution in [0.2, 0.25) is 0 Å². The van der Waals surface area contributed by atoms with Gasteiger partial charge in [0.05, 0.1) is 6.07 Å². The van der Waals surface area contributed by atoms with Crippen LogP contribution in [0.5, 0.6) is 0 Å². The van der Waals surface area contributed by atoms with Gasteiger partial charge in [0.25, 0.3) is 0 Å². The van der Waals surface area contributed by atoms with Gasteiger partial charge in [-0.15, -0.1) is 11.8 Å². The van der Waals surface area contributed by atoms with E-state index in [1.165, 1.54) is 0 Å². The molecule has 0 aliphatic carbocycles. The largest absolute Gasteiger partial charge is 0.313 e. The summed E-state index contributed by atoms with van der Waals surface area (Å²) in [5, 5.41) is 11.8. The summed E-state index contributed by atoms with van der Waals surface area (Å²) < 4.78 is -0.168. The van der Waals surface area contributed by atoms with E-state index in [0.717, 1.165) is 18.8 Å². The minimum Gasteiger partial charge on any atom is -0.313 e. The van der Waals surface area contributed by atoms with Crippen molar-refractivity contribution in [1.29, 1.82) is 5.26 Å². The van der Waals surface area contributed by atoms with Gasteiger partial charge in [-0.2, -0.15) is 5.26 Å². The first kappa shape index (κ1) is 6.91. The van der Waals surface area contributed by atoms with Crippen LogP contribution in [0.25, 0.3) is 0 Å². The van der Waals surface area contributed by atoms with Crippen molar-refractivity contribution in [3.05, 3.63) is 0 Å². The van der Waals surface area contributed by atoms with Gasteiger partial charge in [-0.25, -0.2) is 0 Å². The molecule has 50 valence electrons. The van der Waals surface area contributed by atoms with Crippen molar-refractivity contribution in [1.82, 2.24) is 5.32 Å². The maximum absolute atomic E-state index is 8.64. The molecule has 0 bridgehead atoms. The number of nitriles is 1. The first-order valence-corrected chi connectivity index (χ1v) is 4.01. The molecule has 1 aliphatic rings. The average Bonchev–Trinajstić information content (AvgIpc) is 1.90. The van der Waals surface area contributed by atoms with Gasteiger partial charge in [0, 0.05) is 18.8 Å². The average molecular weight is 142 g/mol. The van der Waals surface area contributed by atoms with E-state index in [2.05, 4.69) is 11.4 Å². The molecule has 1 fully saturated rings. The Balaban J connectivity index is 2.49. The van der Waals surface area contributed by atoms with Crippen molar-refractivity contribution in [2.45, 2.75) is 11.7 Å². The zero-order valence-corrected chi connectivity index (χ0v) is 6.29. The molecule has 0 aromatic rings. The fraction of sp³-hybridized carbons (Fsp3) is 0.833. The van der Waals surface area contributed by atoms with E-state index in [1.54, 1.807) is 11.8 Å². The van der Waals surface area contributed by atoms with E-state index < -0.39 is 0 Å². The highest BCUT2D eigenvalue weighted by Crippen LogP contribution is 2.24. The zero-order valence-electron chi connectivity index (χ0n) is 5.48. The van der Waals surface area contributed by atoms with E-state index in [0.29, 0.717) is 0 Å². The number of hydrogen-bond acceptors (Lipinski definition) is 3. The lowest BCUT2D eigenvalue weighted by atomic mass is 10.2. The smallest absolute Gasteiger partial charge is 0.112 e. The van der Waals surface area contributed by atoms with E-state index in [4.69, 9.17) is 5.26 Å². The van der Waals surface area contributed by atoms with Gasteiger partial charge in [-0.3, -0.25) is 0 Å². The Morgan fingerprint density at radius 2 is 2.56 bits per heavy atom. The molecular formula is C6H10N2S. The molecule has 1 heterocycles. The second-order valence-electron chi connectivity index (χ2n) is 2.37. The van der Waals surface area contributed by atoms with Crippen LogP contribution in [0.1, 0.15) is 6.92 Å². The lowest BCUT2D eigenvalue weighted by Crippen LogP contribution is -2.40. The van der Waals surface area contributed by atoms with Crippen molar-refractivity contribution < 1.29 is 0 Å². The summed E-state index contributed by atoms with van der Waals surface area (Å²) in [6.07, 6.45) is 0. The molecule has 1 saturated heterocycles. The van der Waals surface area contributed by atoms with Crippen LogP contribution >= 0.6 is 11.8 Å². The zero-order chi connectivity index (χ0) is 6.74. The van der Waals surface area contributed by atoms with E-state index >= 15 is 0 Å². The molecule has 0 aromatic carbocycles. The molecule has 0 amide bonds. The van der Waals surface area contributed by atoms with Gasteiger partial charge in [-0.05, 0) is 6.92 Å². The Morgan fingerprint density at radius 3 is 2.89 bits per heavy atom. The number of rotatable bonds is 0. The van der Waals surface area contributed by atoms with Crippen LogP contribution < -0.4 is 5.32 Å². The second kappa shape index (κ2) is 2.59. The normalized spacial score (nSPS) is 35.6. The Labute approximate surface area is 59.6 Å². The topological polar surface area (TPSA) is 35.8 Å². The third kappa shape index (κ3) is 1.60. The van der Waals surface area contributed by atoms with Crippen molar-refractivity contribution >= 4 is 11.8 Å². The maximum atomic E-state index is 8.64. The Hall–Kier alpha value is -0.200. The fourth-order valence-electron chi connectivity index (χ4n) is 0.798. The van der Waals surface area contributed by atoms with Crippen LogP contribution in [-0.2, 0) is 0 Å². The lowest BCUT2D eigenvalue weighted by molar-refractivity contribution is 0.634. The predicted molar refractivity (Wildman–Crippen MR) is 39.3 cm³/mol. The summed E-state index contributed by atoms with van der Waals surface area (Å²) in [4.78, 5) is 0. The molecule has 9 heavy (non-hydrogen) atoms. The Kier molecular flexibility index (Phi) is 1.99. The second-order valence-corrected chi connectivity index (χ2v) is 3.97. The summed E-state index contributed by atoms with van der Waals surface area (Å²) in [6, 6.07) is 2.28. The Bertz CT molecular complexity index is 132. The molecule has 1 unspecified atom stereocenters. The monoisotopic (exact) mass is 142 g/mol. The minimum atomic E-state index is -0.168. The molecular weight excluding hydrogens is 132 g/mol.